The number of fused-ring (bicyclic) bond motifs is 1. The summed E-state index contributed by atoms with van der Waals surface area (Å²) in [5, 5.41) is 3.66. The highest BCUT2D eigenvalue weighted by molar-refractivity contribution is 9.10. The number of unbranched alkanes of at least 4 members (excludes halogenated alkanes) is 3. The van der Waals surface area contributed by atoms with Crippen molar-refractivity contribution in [3.63, 3.8) is 0 Å². The van der Waals surface area contributed by atoms with Gasteiger partial charge in [0.25, 0.3) is 5.91 Å². The van der Waals surface area contributed by atoms with Gasteiger partial charge in [0.15, 0.2) is 0 Å². The Hall–Kier alpha value is -2.83. The summed E-state index contributed by atoms with van der Waals surface area (Å²) in [4.78, 5) is 17.2. The molecule has 36 heavy (non-hydrogen) atoms. The summed E-state index contributed by atoms with van der Waals surface area (Å²) in [5.74, 6) is 1.83. The standard InChI is InChI=1S/C29H31BrClN3O2/c30-23-12-10-11-22(21-23)29(35)32-18-7-1-2-17-28-33-25-14-4-5-15-26(25)34(28)19-8-9-20-36-27-16-6-3-13-24(27)31/h3-6,10-16,21H,1-2,7-9,17-20H2,(H,32,35). The number of halogens is 2. The fourth-order valence-electron chi connectivity index (χ4n) is 4.20. The van der Waals surface area contributed by atoms with Gasteiger partial charge in [-0.15, -0.1) is 0 Å². The van der Waals surface area contributed by atoms with Crippen LogP contribution in [0.15, 0.2) is 77.3 Å². The Labute approximate surface area is 226 Å². The number of amides is 1. The smallest absolute Gasteiger partial charge is 0.251 e. The van der Waals surface area contributed by atoms with Crippen LogP contribution in [-0.4, -0.2) is 28.6 Å². The van der Waals surface area contributed by atoms with Crippen molar-refractivity contribution in [2.24, 2.45) is 0 Å². The van der Waals surface area contributed by atoms with E-state index in [1.54, 1.807) is 0 Å². The lowest BCUT2D eigenvalue weighted by Crippen LogP contribution is -2.24. The number of nitrogens with one attached hydrogen (secondary N) is 1. The summed E-state index contributed by atoms with van der Waals surface area (Å²) < 4.78 is 9.09. The number of aryl methyl sites for hydroxylation is 2. The molecule has 4 rings (SSSR count). The highest BCUT2D eigenvalue weighted by Gasteiger charge is 2.10. The molecule has 1 aromatic heterocycles. The average molecular weight is 569 g/mol. The van der Waals surface area contributed by atoms with Crippen LogP contribution in [0.5, 0.6) is 5.75 Å². The maximum Gasteiger partial charge on any atom is 0.251 e. The van der Waals surface area contributed by atoms with Crippen LogP contribution in [0.1, 0.15) is 48.3 Å². The van der Waals surface area contributed by atoms with E-state index in [1.165, 1.54) is 5.52 Å². The number of nitrogens with zero attached hydrogens (tertiary/aromatic N) is 2. The average Bonchev–Trinajstić information content (AvgIpc) is 3.24. The Bertz CT molecular complexity index is 1290. The molecule has 0 saturated carbocycles. The van der Waals surface area contributed by atoms with E-state index in [4.69, 9.17) is 21.3 Å². The van der Waals surface area contributed by atoms with Crippen molar-refractivity contribution in [3.8, 4) is 5.75 Å². The number of rotatable bonds is 13. The summed E-state index contributed by atoms with van der Waals surface area (Å²) in [7, 11) is 0. The topological polar surface area (TPSA) is 56.2 Å². The second kappa shape index (κ2) is 13.5. The molecule has 0 radical (unpaired) electrons. The molecule has 0 unspecified atom stereocenters. The van der Waals surface area contributed by atoms with Crippen LogP contribution in [0.3, 0.4) is 0 Å². The highest BCUT2D eigenvalue weighted by Crippen LogP contribution is 2.23. The third-order valence-corrected chi connectivity index (χ3v) is 6.86. The molecule has 0 aliphatic rings. The largest absolute Gasteiger partial charge is 0.492 e. The number of aromatic nitrogens is 2. The first-order valence-corrected chi connectivity index (χ1v) is 13.6. The van der Waals surface area contributed by atoms with E-state index < -0.39 is 0 Å². The molecule has 0 bridgehead atoms. The Balaban J connectivity index is 1.22. The van der Waals surface area contributed by atoms with Gasteiger partial charge in [0.2, 0.25) is 0 Å². The molecule has 0 aliphatic heterocycles. The van der Waals surface area contributed by atoms with Gasteiger partial charge in [-0.1, -0.05) is 64.3 Å². The van der Waals surface area contributed by atoms with Crippen LogP contribution in [0.4, 0.5) is 0 Å². The minimum atomic E-state index is -0.0309. The first-order chi connectivity index (χ1) is 17.6. The molecule has 0 aliphatic carbocycles. The van der Waals surface area contributed by atoms with Crippen molar-refractivity contribution in [1.82, 2.24) is 14.9 Å². The number of carbonyl (C=O) groups is 1. The first kappa shape index (κ1) is 26.2. The molecule has 0 spiro atoms. The predicted octanol–water partition coefficient (Wildman–Crippen LogP) is 7.45. The van der Waals surface area contributed by atoms with Gasteiger partial charge >= 0.3 is 0 Å². The molecule has 1 amide bonds. The van der Waals surface area contributed by atoms with Crippen LogP contribution in [0, 0.1) is 0 Å². The molecular formula is C29H31BrClN3O2. The van der Waals surface area contributed by atoms with Crippen LogP contribution < -0.4 is 10.1 Å². The maximum absolute atomic E-state index is 12.3. The van der Waals surface area contributed by atoms with Crippen molar-refractivity contribution in [3.05, 3.63) is 93.7 Å². The molecule has 188 valence electrons. The molecule has 0 atom stereocenters. The lowest BCUT2D eigenvalue weighted by molar-refractivity contribution is 0.0953. The zero-order chi connectivity index (χ0) is 25.2. The Kier molecular flexibility index (Phi) is 9.82. The second-order valence-electron chi connectivity index (χ2n) is 8.73. The van der Waals surface area contributed by atoms with E-state index >= 15 is 0 Å². The minimum Gasteiger partial charge on any atom is -0.492 e. The molecule has 7 heteroatoms. The van der Waals surface area contributed by atoms with Gasteiger partial charge in [-0.25, -0.2) is 4.98 Å². The second-order valence-corrected chi connectivity index (χ2v) is 10.1. The van der Waals surface area contributed by atoms with Crippen LogP contribution in [0.2, 0.25) is 5.02 Å². The Morgan fingerprint density at radius 3 is 2.64 bits per heavy atom. The number of carbonyl (C=O) groups excluding carboxylic acids is 1. The lowest BCUT2D eigenvalue weighted by Gasteiger charge is -2.11. The number of imidazole rings is 1. The van der Waals surface area contributed by atoms with Gasteiger partial charge in [0.05, 0.1) is 22.7 Å². The monoisotopic (exact) mass is 567 g/mol. The van der Waals surface area contributed by atoms with E-state index in [-0.39, 0.29) is 5.91 Å². The zero-order valence-electron chi connectivity index (χ0n) is 20.3. The molecule has 3 aromatic carbocycles. The summed E-state index contributed by atoms with van der Waals surface area (Å²) in [6.45, 7) is 2.22. The molecule has 0 saturated heterocycles. The number of benzene rings is 3. The summed E-state index contributed by atoms with van der Waals surface area (Å²) >= 11 is 9.58. The van der Waals surface area contributed by atoms with Gasteiger partial charge in [-0.05, 0) is 68.1 Å². The van der Waals surface area contributed by atoms with Crippen LogP contribution >= 0.6 is 27.5 Å². The highest BCUT2D eigenvalue weighted by atomic mass is 79.9. The SMILES string of the molecule is O=C(NCCCCCc1nc2ccccc2n1CCCCOc1ccccc1Cl)c1cccc(Br)c1. The fraction of sp³-hybridized carbons (Fsp3) is 0.310. The van der Waals surface area contributed by atoms with Gasteiger partial charge < -0.3 is 14.6 Å². The molecule has 4 aromatic rings. The van der Waals surface area contributed by atoms with E-state index in [9.17, 15) is 4.79 Å². The summed E-state index contributed by atoms with van der Waals surface area (Å²) in [6, 6.07) is 23.4. The normalized spacial score (nSPS) is 11.1. The zero-order valence-corrected chi connectivity index (χ0v) is 22.6. The number of para-hydroxylation sites is 3. The van der Waals surface area contributed by atoms with Gasteiger partial charge in [0.1, 0.15) is 11.6 Å². The third-order valence-electron chi connectivity index (χ3n) is 6.05. The van der Waals surface area contributed by atoms with Crippen LogP contribution in [-0.2, 0) is 13.0 Å². The molecule has 0 fully saturated rings. The van der Waals surface area contributed by atoms with E-state index in [0.29, 0.717) is 23.7 Å². The van der Waals surface area contributed by atoms with Crippen molar-refractivity contribution in [2.75, 3.05) is 13.2 Å². The Morgan fingerprint density at radius 1 is 0.944 bits per heavy atom. The van der Waals surface area contributed by atoms with Gasteiger partial charge in [0, 0.05) is 29.5 Å². The van der Waals surface area contributed by atoms with Crippen molar-refractivity contribution in [2.45, 2.75) is 45.1 Å². The third kappa shape index (κ3) is 7.34. The first-order valence-electron chi connectivity index (χ1n) is 12.5. The molecule has 1 N–H and O–H groups in total. The van der Waals surface area contributed by atoms with Gasteiger partial charge in [-0.3, -0.25) is 4.79 Å². The van der Waals surface area contributed by atoms with Crippen molar-refractivity contribution in [1.29, 1.82) is 0 Å². The van der Waals surface area contributed by atoms with E-state index in [1.807, 2.05) is 54.6 Å². The van der Waals surface area contributed by atoms with Gasteiger partial charge in [-0.2, -0.15) is 0 Å². The fourth-order valence-corrected chi connectivity index (χ4v) is 4.79. The van der Waals surface area contributed by atoms with E-state index in [0.717, 1.165) is 66.6 Å². The molecular weight excluding hydrogens is 538 g/mol. The predicted molar refractivity (Wildman–Crippen MR) is 150 cm³/mol. The van der Waals surface area contributed by atoms with E-state index in [2.05, 4.69) is 44.0 Å². The summed E-state index contributed by atoms with van der Waals surface area (Å²) in [6.07, 6.45) is 5.87. The van der Waals surface area contributed by atoms with Crippen molar-refractivity contribution >= 4 is 44.5 Å². The Morgan fingerprint density at radius 2 is 1.78 bits per heavy atom. The maximum atomic E-state index is 12.3. The summed E-state index contributed by atoms with van der Waals surface area (Å²) in [5.41, 5.74) is 2.90. The van der Waals surface area contributed by atoms with Crippen LogP contribution in [0.25, 0.3) is 11.0 Å². The molecule has 1 heterocycles. The molecule has 5 nitrogen and oxygen atoms in total. The lowest BCUT2D eigenvalue weighted by atomic mass is 10.1. The number of hydrogen-bond donors (Lipinski definition) is 1. The quantitative estimate of drug-likeness (QED) is 0.170. The minimum absolute atomic E-state index is 0.0309. The number of hydrogen-bond acceptors (Lipinski definition) is 3. The van der Waals surface area contributed by atoms with Crippen molar-refractivity contribution < 1.29 is 9.53 Å². The number of ether oxygens (including phenoxy) is 1.